The number of carbonyl (C=O) groups is 1. The third-order valence-electron chi connectivity index (χ3n) is 5.03. The van der Waals surface area contributed by atoms with E-state index in [1.807, 2.05) is 72.8 Å². The zero-order valence-electron chi connectivity index (χ0n) is 17.3. The molecule has 0 unspecified atom stereocenters. The van der Waals surface area contributed by atoms with Crippen LogP contribution in [0.25, 0.3) is 22.3 Å². The zero-order valence-corrected chi connectivity index (χ0v) is 18.1. The molecule has 0 aromatic heterocycles. The number of nitro groups is 1. The van der Waals surface area contributed by atoms with E-state index < -0.39 is 4.92 Å². The van der Waals surface area contributed by atoms with Crippen LogP contribution in [-0.2, 0) is 0 Å². The molecule has 32 heavy (non-hydrogen) atoms. The Kier molecular flexibility index (Phi) is 6.33. The number of hydrogen-bond acceptors (Lipinski definition) is 5. The van der Waals surface area contributed by atoms with Crippen LogP contribution in [0.15, 0.2) is 102 Å². The lowest BCUT2D eigenvalue weighted by Gasteiger charge is -2.18. The highest BCUT2D eigenvalue weighted by molar-refractivity contribution is 8.00. The Labute approximate surface area is 190 Å². The van der Waals surface area contributed by atoms with Crippen LogP contribution in [0.3, 0.4) is 0 Å². The molecule has 5 nitrogen and oxygen atoms in total. The number of non-ortho nitro benzene ring substituents is 1. The number of hydrogen-bond donors (Lipinski definition) is 1. The average molecular weight is 441 g/mol. The molecule has 4 rings (SSSR count). The minimum atomic E-state index is -0.413. The van der Waals surface area contributed by atoms with Crippen molar-refractivity contribution < 1.29 is 9.72 Å². The van der Waals surface area contributed by atoms with Gasteiger partial charge in [-0.2, -0.15) is 0 Å². The molecule has 0 saturated heterocycles. The summed E-state index contributed by atoms with van der Waals surface area (Å²) in [7, 11) is 0. The van der Waals surface area contributed by atoms with Crippen molar-refractivity contribution in [2.24, 2.45) is 0 Å². The maximum Gasteiger partial charge on any atom is 0.269 e. The number of benzene rings is 4. The van der Waals surface area contributed by atoms with Gasteiger partial charge >= 0.3 is 0 Å². The van der Waals surface area contributed by atoms with Crippen LogP contribution in [0.4, 0.5) is 11.4 Å². The highest BCUT2D eigenvalue weighted by Crippen LogP contribution is 2.40. The minimum Gasteiger partial charge on any atom is -0.325 e. The van der Waals surface area contributed by atoms with Crippen molar-refractivity contribution in [2.45, 2.75) is 11.8 Å². The van der Waals surface area contributed by atoms with Gasteiger partial charge in [0.25, 0.3) is 5.69 Å². The molecule has 158 valence electrons. The van der Waals surface area contributed by atoms with Crippen LogP contribution < -0.4 is 4.72 Å². The fourth-order valence-electron chi connectivity index (χ4n) is 3.39. The molecule has 0 spiro atoms. The summed E-state index contributed by atoms with van der Waals surface area (Å²) in [5.74, 6) is -0.00562. The molecule has 4 aromatic carbocycles. The predicted octanol–water partition coefficient (Wildman–Crippen LogP) is 7.25. The van der Waals surface area contributed by atoms with E-state index in [0.29, 0.717) is 5.56 Å². The summed E-state index contributed by atoms with van der Waals surface area (Å²) < 4.78 is 3.45. The first-order chi connectivity index (χ1) is 15.5. The molecule has 0 aliphatic rings. The molecule has 0 atom stereocenters. The van der Waals surface area contributed by atoms with Gasteiger partial charge < -0.3 is 4.72 Å². The highest BCUT2D eigenvalue weighted by atomic mass is 32.2. The summed E-state index contributed by atoms with van der Waals surface area (Å²) >= 11 is 1.37. The fourth-order valence-corrected chi connectivity index (χ4v) is 4.10. The first-order valence-electron chi connectivity index (χ1n) is 10.00. The smallest absolute Gasteiger partial charge is 0.269 e. The Morgan fingerprint density at radius 2 is 1.31 bits per heavy atom. The second kappa shape index (κ2) is 9.49. The molecule has 1 N–H and O–H groups in total. The van der Waals surface area contributed by atoms with Gasteiger partial charge in [0.1, 0.15) is 0 Å². The quantitative estimate of drug-likeness (QED) is 0.142. The van der Waals surface area contributed by atoms with E-state index in [2.05, 4.69) is 4.72 Å². The van der Waals surface area contributed by atoms with E-state index in [4.69, 9.17) is 0 Å². The van der Waals surface area contributed by atoms with Crippen molar-refractivity contribution in [3.05, 3.63) is 113 Å². The number of nitrogens with one attached hydrogen (secondary N) is 1. The number of carbonyl (C=O) groups excluding carboxylic acids is 1. The van der Waals surface area contributed by atoms with Crippen molar-refractivity contribution in [1.29, 1.82) is 0 Å². The van der Waals surface area contributed by atoms with Gasteiger partial charge in [0, 0.05) is 33.7 Å². The standard InChI is InChI=1S/C26H20N2O3S/c1-18(29)21-16-24(19-8-4-2-5-9-19)26(25(17-21)20-10-6-3-7-11-20)27-32-23-14-12-22(13-15-23)28(30)31/h2-17,27H,1H3. The maximum absolute atomic E-state index is 12.3. The highest BCUT2D eigenvalue weighted by Gasteiger charge is 2.16. The van der Waals surface area contributed by atoms with Crippen LogP contribution in [0.1, 0.15) is 17.3 Å². The van der Waals surface area contributed by atoms with E-state index in [1.54, 1.807) is 19.1 Å². The van der Waals surface area contributed by atoms with Gasteiger partial charge in [0.2, 0.25) is 0 Å². The number of anilines is 1. The number of rotatable bonds is 7. The lowest BCUT2D eigenvalue weighted by Crippen LogP contribution is -2.00. The molecule has 0 bridgehead atoms. The molecule has 6 heteroatoms. The Hall–Kier alpha value is -3.90. The summed E-state index contributed by atoms with van der Waals surface area (Å²) in [6.45, 7) is 1.57. The van der Waals surface area contributed by atoms with Crippen LogP contribution in [-0.4, -0.2) is 10.7 Å². The molecular weight excluding hydrogens is 420 g/mol. The summed E-state index contributed by atoms with van der Waals surface area (Å²) in [6.07, 6.45) is 0. The topological polar surface area (TPSA) is 72.2 Å². The molecular formula is C26H20N2O3S. The summed E-state index contributed by atoms with van der Waals surface area (Å²) in [5, 5.41) is 10.9. The molecule has 0 amide bonds. The Morgan fingerprint density at radius 3 is 1.75 bits per heavy atom. The molecule has 0 heterocycles. The van der Waals surface area contributed by atoms with Crippen LogP contribution >= 0.6 is 11.9 Å². The second-order valence-electron chi connectivity index (χ2n) is 7.19. The fraction of sp³-hybridized carbons (Fsp3) is 0.0385. The average Bonchev–Trinajstić information content (AvgIpc) is 2.83. The summed E-state index contributed by atoms with van der Waals surface area (Å²) in [4.78, 5) is 23.7. The van der Waals surface area contributed by atoms with Crippen LogP contribution in [0.2, 0.25) is 0 Å². The first kappa shape index (κ1) is 21.3. The van der Waals surface area contributed by atoms with Gasteiger partial charge in [-0.25, -0.2) is 0 Å². The van der Waals surface area contributed by atoms with E-state index >= 15 is 0 Å². The normalized spacial score (nSPS) is 10.5. The Bertz CT molecular complexity index is 1200. The summed E-state index contributed by atoms with van der Waals surface area (Å²) in [5.41, 5.74) is 5.34. The van der Waals surface area contributed by atoms with Crippen molar-refractivity contribution in [1.82, 2.24) is 0 Å². The largest absolute Gasteiger partial charge is 0.325 e. The number of ketones is 1. The molecule has 0 aliphatic heterocycles. The lowest BCUT2D eigenvalue weighted by atomic mass is 9.92. The van der Waals surface area contributed by atoms with E-state index in [9.17, 15) is 14.9 Å². The number of nitro benzene ring substituents is 1. The van der Waals surface area contributed by atoms with Crippen molar-refractivity contribution in [3.8, 4) is 22.3 Å². The van der Waals surface area contributed by atoms with Gasteiger partial charge in [-0.15, -0.1) is 0 Å². The van der Waals surface area contributed by atoms with Crippen LogP contribution in [0.5, 0.6) is 0 Å². The SMILES string of the molecule is CC(=O)c1cc(-c2ccccc2)c(NSc2ccc([N+](=O)[O-])cc2)c(-c2ccccc2)c1. The third-order valence-corrected chi connectivity index (χ3v) is 5.85. The van der Waals surface area contributed by atoms with E-state index in [0.717, 1.165) is 32.8 Å². The predicted molar refractivity (Wildman–Crippen MR) is 130 cm³/mol. The second-order valence-corrected chi connectivity index (χ2v) is 8.07. The number of nitrogens with zero attached hydrogens (tertiary/aromatic N) is 1. The summed E-state index contributed by atoms with van der Waals surface area (Å²) in [6, 6.07) is 30.0. The Balaban J connectivity index is 1.82. The Morgan fingerprint density at radius 1 is 0.812 bits per heavy atom. The maximum atomic E-state index is 12.3. The molecule has 0 fully saturated rings. The number of Topliss-reactive ketones (excluding diaryl/α,β-unsaturated/α-hetero) is 1. The van der Waals surface area contributed by atoms with E-state index in [1.165, 1.54) is 24.1 Å². The van der Waals surface area contributed by atoms with Gasteiger partial charge in [-0.3, -0.25) is 14.9 Å². The third kappa shape index (κ3) is 4.71. The van der Waals surface area contributed by atoms with Crippen molar-refractivity contribution in [3.63, 3.8) is 0 Å². The molecule has 4 aromatic rings. The van der Waals surface area contributed by atoms with Gasteiger partial charge in [-0.1, -0.05) is 60.7 Å². The molecule has 0 aliphatic carbocycles. The lowest BCUT2D eigenvalue weighted by molar-refractivity contribution is -0.384. The van der Waals surface area contributed by atoms with Gasteiger partial charge in [0.05, 0.1) is 10.6 Å². The monoisotopic (exact) mass is 440 g/mol. The van der Waals surface area contributed by atoms with Crippen molar-refractivity contribution >= 4 is 29.1 Å². The molecule has 0 saturated carbocycles. The first-order valence-corrected chi connectivity index (χ1v) is 10.8. The minimum absolute atomic E-state index is 0.00562. The van der Waals surface area contributed by atoms with Gasteiger partial charge in [-0.05, 0) is 54.3 Å². The van der Waals surface area contributed by atoms with Gasteiger partial charge in [0.15, 0.2) is 5.78 Å². The van der Waals surface area contributed by atoms with Crippen molar-refractivity contribution in [2.75, 3.05) is 4.72 Å². The van der Waals surface area contributed by atoms with Crippen LogP contribution in [0, 0.1) is 10.1 Å². The molecule has 0 radical (unpaired) electrons. The van der Waals surface area contributed by atoms with E-state index in [-0.39, 0.29) is 11.5 Å². The zero-order chi connectivity index (χ0) is 22.5.